The zero-order chi connectivity index (χ0) is 18.8. The van der Waals surface area contributed by atoms with Gasteiger partial charge in [0.25, 0.3) is 5.91 Å². The van der Waals surface area contributed by atoms with Crippen LogP contribution in [0.15, 0.2) is 42.5 Å². The molecule has 2 amide bonds. The van der Waals surface area contributed by atoms with Gasteiger partial charge in [-0.3, -0.25) is 9.59 Å². The maximum atomic E-state index is 12.5. The number of rotatable bonds is 5. The number of carbonyl (C=O) groups is 2. The number of para-hydroxylation sites is 1. The first-order valence-corrected chi connectivity index (χ1v) is 8.74. The second-order valence-electron chi connectivity index (χ2n) is 6.50. The maximum absolute atomic E-state index is 12.5. The van der Waals surface area contributed by atoms with Crippen molar-refractivity contribution in [1.29, 1.82) is 0 Å². The normalized spacial score (nSPS) is 15.2. The van der Waals surface area contributed by atoms with Crippen LogP contribution in [0.3, 0.4) is 0 Å². The summed E-state index contributed by atoms with van der Waals surface area (Å²) in [5.74, 6) is 1.60. The number of nitrogens with zero attached hydrogens (tertiary/aromatic N) is 1. The molecule has 0 aromatic heterocycles. The number of fused-ring (bicyclic) bond motifs is 1. The number of ether oxygens (including phenoxy) is 3. The average Bonchev–Trinajstić information content (AvgIpc) is 3.13. The summed E-state index contributed by atoms with van der Waals surface area (Å²) in [6.07, 6.45) is 0. The van der Waals surface area contributed by atoms with E-state index in [1.54, 1.807) is 30.2 Å². The van der Waals surface area contributed by atoms with Crippen LogP contribution in [-0.4, -0.2) is 43.7 Å². The Labute approximate surface area is 156 Å². The minimum absolute atomic E-state index is 0.0596. The molecule has 2 aromatic carbocycles. The molecule has 140 valence electrons. The molecule has 2 heterocycles. The highest BCUT2D eigenvalue weighted by molar-refractivity contribution is 5.96. The molecule has 0 spiro atoms. The number of methoxy groups -OCH3 is 1. The van der Waals surface area contributed by atoms with Crippen LogP contribution >= 0.6 is 0 Å². The fourth-order valence-electron chi connectivity index (χ4n) is 3.20. The van der Waals surface area contributed by atoms with E-state index >= 15 is 0 Å². The fraction of sp³-hybridized carbons (Fsp3) is 0.300. The summed E-state index contributed by atoms with van der Waals surface area (Å²) >= 11 is 0. The lowest BCUT2D eigenvalue weighted by atomic mass is 9.97. The molecular weight excluding hydrogens is 348 g/mol. The van der Waals surface area contributed by atoms with Crippen molar-refractivity contribution in [3.8, 4) is 17.2 Å². The molecule has 7 heteroatoms. The first kappa shape index (κ1) is 17.2. The van der Waals surface area contributed by atoms with Crippen molar-refractivity contribution in [2.24, 2.45) is 5.92 Å². The van der Waals surface area contributed by atoms with Crippen LogP contribution in [-0.2, 0) is 11.3 Å². The summed E-state index contributed by atoms with van der Waals surface area (Å²) in [5, 5.41) is 2.92. The molecular formula is C20H20N2O5. The van der Waals surface area contributed by atoms with E-state index in [1.165, 1.54) is 0 Å². The first-order valence-electron chi connectivity index (χ1n) is 8.74. The molecule has 0 aliphatic carbocycles. The zero-order valence-electron chi connectivity index (χ0n) is 14.9. The molecule has 2 aliphatic heterocycles. The van der Waals surface area contributed by atoms with Crippen LogP contribution < -0.4 is 19.5 Å². The molecule has 0 radical (unpaired) electrons. The van der Waals surface area contributed by atoms with E-state index in [-0.39, 0.29) is 24.5 Å². The van der Waals surface area contributed by atoms with Crippen molar-refractivity contribution in [1.82, 2.24) is 10.2 Å². The largest absolute Gasteiger partial charge is 0.496 e. The Balaban J connectivity index is 1.30. The Morgan fingerprint density at radius 2 is 1.93 bits per heavy atom. The van der Waals surface area contributed by atoms with Crippen molar-refractivity contribution in [3.05, 3.63) is 53.6 Å². The van der Waals surface area contributed by atoms with E-state index in [0.717, 1.165) is 11.3 Å². The van der Waals surface area contributed by atoms with Crippen molar-refractivity contribution in [3.63, 3.8) is 0 Å². The van der Waals surface area contributed by atoms with E-state index < -0.39 is 0 Å². The van der Waals surface area contributed by atoms with Gasteiger partial charge < -0.3 is 24.4 Å². The fourth-order valence-corrected chi connectivity index (χ4v) is 3.20. The summed E-state index contributed by atoms with van der Waals surface area (Å²) in [5.41, 5.74) is 1.45. The highest BCUT2D eigenvalue weighted by Crippen LogP contribution is 2.33. The van der Waals surface area contributed by atoms with Crippen LogP contribution in [0.25, 0.3) is 0 Å². The third-order valence-electron chi connectivity index (χ3n) is 4.80. The molecule has 27 heavy (non-hydrogen) atoms. The monoisotopic (exact) mass is 368 g/mol. The number of nitrogens with one attached hydrogen (secondary N) is 1. The van der Waals surface area contributed by atoms with Crippen LogP contribution in [0.1, 0.15) is 15.9 Å². The second-order valence-corrected chi connectivity index (χ2v) is 6.50. The van der Waals surface area contributed by atoms with Gasteiger partial charge >= 0.3 is 0 Å². The Hall–Kier alpha value is -3.22. The van der Waals surface area contributed by atoms with Gasteiger partial charge in [0.2, 0.25) is 12.7 Å². The standard InChI is InChI=1S/C20H20N2O5/c1-25-16-5-3-2-4-14(16)9-21-19(23)15-10-22(11-15)20(24)13-6-7-17-18(8-13)27-12-26-17/h2-8,15H,9-12H2,1H3,(H,21,23). The van der Waals surface area contributed by atoms with Crippen LogP contribution in [0.2, 0.25) is 0 Å². The van der Waals surface area contributed by atoms with Crippen LogP contribution in [0.4, 0.5) is 0 Å². The SMILES string of the molecule is COc1ccccc1CNC(=O)C1CN(C(=O)c2ccc3c(c2)OCO3)C1. The lowest BCUT2D eigenvalue weighted by molar-refractivity contribution is -0.129. The number of carbonyl (C=O) groups excluding carboxylic acids is 2. The van der Waals surface area contributed by atoms with Crippen molar-refractivity contribution in [2.75, 3.05) is 27.0 Å². The number of amides is 2. The van der Waals surface area contributed by atoms with Gasteiger partial charge in [-0.1, -0.05) is 18.2 Å². The molecule has 2 aliphatic rings. The predicted molar refractivity (Wildman–Crippen MR) is 96.8 cm³/mol. The lowest BCUT2D eigenvalue weighted by Crippen LogP contribution is -2.55. The Morgan fingerprint density at radius 3 is 2.74 bits per heavy atom. The third-order valence-corrected chi connectivity index (χ3v) is 4.80. The van der Waals surface area contributed by atoms with E-state index in [4.69, 9.17) is 14.2 Å². The topological polar surface area (TPSA) is 77.1 Å². The van der Waals surface area contributed by atoms with Gasteiger partial charge in [-0.05, 0) is 24.3 Å². The molecule has 0 atom stereocenters. The first-order chi connectivity index (χ1) is 13.2. The molecule has 0 saturated carbocycles. The summed E-state index contributed by atoms with van der Waals surface area (Å²) in [6, 6.07) is 12.7. The minimum atomic E-state index is -0.197. The van der Waals surface area contributed by atoms with E-state index in [0.29, 0.717) is 36.7 Å². The van der Waals surface area contributed by atoms with Gasteiger partial charge in [-0.2, -0.15) is 0 Å². The Morgan fingerprint density at radius 1 is 1.15 bits per heavy atom. The predicted octanol–water partition coefficient (Wildman–Crippen LogP) is 1.81. The maximum Gasteiger partial charge on any atom is 0.254 e. The molecule has 1 saturated heterocycles. The van der Waals surface area contributed by atoms with Gasteiger partial charge in [0, 0.05) is 30.8 Å². The third kappa shape index (κ3) is 3.40. The molecule has 0 bridgehead atoms. The summed E-state index contributed by atoms with van der Waals surface area (Å²) in [6.45, 7) is 1.39. The van der Waals surface area contributed by atoms with Crippen LogP contribution in [0, 0.1) is 5.92 Å². The molecule has 1 fully saturated rings. The molecule has 7 nitrogen and oxygen atoms in total. The van der Waals surface area contributed by atoms with Crippen LogP contribution in [0.5, 0.6) is 17.2 Å². The highest BCUT2D eigenvalue weighted by atomic mass is 16.7. The molecule has 2 aromatic rings. The number of benzene rings is 2. The summed E-state index contributed by atoms with van der Waals surface area (Å²) < 4.78 is 15.8. The van der Waals surface area contributed by atoms with Crippen molar-refractivity contribution < 1.29 is 23.8 Å². The number of hydrogen-bond donors (Lipinski definition) is 1. The smallest absolute Gasteiger partial charge is 0.254 e. The van der Waals surface area contributed by atoms with Gasteiger partial charge in [0.05, 0.1) is 13.0 Å². The summed E-state index contributed by atoms with van der Waals surface area (Å²) in [4.78, 5) is 26.5. The average molecular weight is 368 g/mol. The Kier molecular flexibility index (Phi) is 4.58. The van der Waals surface area contributed by atoms with Gasteiger partial charge in [-0.25, -0.2) is 0 Å². The molecule has 1 N–H and O–H groups in total. The number of likely N-dealkylation sites (tertiary alicyclic amines) is 1. The quantitative estimate of drug-likeness (QED) is 0.871. The van der Waals surface area contributed by atoms with Gasteiger partial charge in [-0.15, -0.1) is 0 Å². The van der Waals surface area contributed by atoms with E-state index in [2.05, 4.69) is 5.32 Å². The zero-order valence-corrected chi connectivity index (χ0v) is 14.9. The van der Waals surface area contributed by atoms with E-state index in [9.17, 15) is 9.59 Å². The van der Waals surface area contributed by atoms with E-state index in [1.807, 2.05) is 24.3 Å². The van der Waals surface area contributed by atoms with Crippen molar-refractivity contribution >= 4 is 11.8 Å². The Bertz CT molecular complexity index is 876. The van der Waals surface area contributed by atoms with Crippen molar-refractivity contribution in [2.45, 2.75) is 6.54 Å². The van der Waals surface area contributed by atoms with Gasteiger partial charge in [0.15, 0.2) is 11.5 Å². The lowest BCUT2D eigenvalue weighted by Gasteiger charge is -2.38. The molecule has 4 rings (SSSR count). The number of hydrogen-bond acceptors (Lipinski definition) is 5. The second kappa shape index (κ2) is 7.19. The summed E-state index contributed by atoms with van der Waals surface area (Å²) in [7, 11) is 1.60. The minimum Gasteiger partial charge on any atom is -0.496 e. The van der Waals surface area contributed by atoms with Gasteiger partial charge in [0.1, 0.15) is 5.75 Å². The molecule has 0 unspecified atom stereocenters. The highest BCUT2D eigenvalue weighted by Gasteiger charge is 2.36.